The molecule has 2 aliphatic rings. The molecule has 7 aromatic rings. The summed E-state index contributed by atoms with van der Waals surface area (Å²) in [5.74, 6) is 0. The second-order valence-corrected chi connectivity index (χ2v) is 27.6. The topological polar surface area (TPSA) is 9.72 Å². The van der Waals surface area contributed by atoms with Gasteiger partial charge in [0.05, 0.1) is 5.69 Å². The van der Waals surface area contributed by atoms with Gasteiger partial charge in [0.2, 0.25) is 0 Å². The van der Waals surface area contributed by atoms with E-state index >= 15 is 0 Å². The van der Waals surface area contributed by atoms with Gasteiger partial charge in [-0.05, 0) is 169 Å². The highest BCUT2D eigenvalue weighted by atomic mass is 15.2. The lowest BCUT2D eigenvalue weighted by molar-refractivity contribution is 0.568. The third-order valence-corrected chi connectivity index (χ3v) is 15.4. The number of anilines is 9. The van der Waals surface area contributed by atoms with Crippen molar-refractivity contribution in [3.05, 3.63) is 178 Å². The van der Waals surface area contributed by atoms with Crippen molar-refractivity contribution in [1.29, 1.82) is 0 Å². The van der Waals surface area contributed by atoms with E-state index in [1.165, 1.54) is 95.0 Å². The SMILES string of the molecule is Cc1ccc(N2c3ccc(C(C)(C)C)cc3B3c4cc(C(C)(C)C)ccc4N(c4ccc(C)cc4)c4cc(N(c5cc(C(C)(C)C)cc(C(C)(C)C)c5)c5cc(C(C)(C)C)cc(C(C)(C)C)c5)cc2c43)cc1. The van der Waals surface area contributed by atoms with Crippen molar-refractivity contribution in [3.63, 3.8) is 0 Å². The van der Waals surface area contributed by atoms with Crippen molar-refractivity contribution in [2.45, 2.75) is 171 Å². The molecule has 0 amide bonds. The summed E-state index contributed by atoms with van der Waals surface area (Å²) in [5, 5.41) is 0. The van der Waals surface area contributed by atoms with Crippen molar-refractivity contribution in [2.75, 3.05) is 14.7 Å². The lowest BCUT2D eigenvalue weighted by Gasteiger charge is -2.45. The summed E-state index contributed by atoms with van der Waals surface area (Å²) in [6, 6.07) is 53.0. The molecule has 0 spiro atoms. The lowest BCUT2D eigenvalue weighted by Crippen LogP contribution is -2.61. The molecule has 0 unspecified atom stereocenters. The first-order chi connectivity index (χ1) is 33.3. The van der Waals surface area contributed by atoms with Gasteiger partial charge in [-0.1, -0.05) is 196 Å². The molecule has 2 aliphatic heterocycles. The molecule has 7 aromatic carbocycles. The minimum atomic E-state index is -0.0870. The van der Waals surface area contributed by atoms with Crippen LogP contribution in [0.4, 0.5) is 51.2 Å². The van der Waals surface area contributed by atoms with E-state index < -0.39 is 0 Å². The third-order valence-electron chi connectivity index (χ3n) is 15.4. The maximum Gasteiger partial charge on any atom is 0.252 e. The predicted molar refractivity (Wildman–Crippen MR) is 317 cm³/mol. The summed E-state index contributed by atoms with van der Waals surface area (Å²) in [4.78, 5) is 7.78. The molecule has 72 heavy (non-hydrogen) atoms. The lowest BCUT2D eigenvalue weighted by atomic mass is 9.33. The average molecular weight is 952 g/mol. The number of nitrogens with zero attached hydrogens (tertiary/aromatic N) is 3. The first kappa shape index (κ1) is 50.9. The molecule has 3 nitrogen and oxygen atoms in total. The zero-order valence-corrected chi connectivity index (χ0v) is 47.6. The molecule has 0 atom stereocenters. The van der Waals surface area contributed by atoms with Crippen LogP contribution in [0.5, 0.6) is 0 Å². The molecule has 372 valence electrons. The molecule has 0 fully saturated rings. The van der Waals surface area contributed by atoms with Gasteiger partial charge >= 0.3 is 0 Å². The molecule has 0 bridgehead atoms. The number of aryl methyl sites for hydroxylation is 2. The van der Waals surface area contributed by atoms with E-state index in [2.05, 4.69) is 287 Å². The molecule has 0 saturated heterocycles. The number of rotatable bonds is 5. The van der Waals surface area contributed by atoms with E-state index in [-0.39, 0.29) is 39.2 Å². The Bertz CT molecular complexity index is 2930. The van der Waals surface area contributed by atoms with Gasteiger partial charge in [-0.15, -0.1) is 0 Å². The fourth-order valence-electron chi connectivity index (χ4n) is 10.7. The molecule has 0 N–H and O–H groups in total. The third kappa shape index (κ3) is 9.45. The molecular formula is C68H82BN3. The fourth-order valence-corrected chi connectivity index (χ4v) is 10.7. The first-order valence-corrected chi connectivity index (χ1v) is 26.6. The van der Waals surface area contributed by atoms with E-state index in [1.54, 1.807) is 0 Å². The standard InChI is InChI=1S/C68H82BN3/c1-43-21-27-51(28-22-43)71-58-31-25-45(63(3,4)5)39-56(58)69-57-40-46(64(6,7)8)26-32-59(57)72(52-29-23-44(2)24-30-52)61-42-55(41-60(71)62(61)69)70(53-35-47(65(9,10)11)33-48(36-53)66(12,13)14)54-37-49(67(15,16)17)34-50(38-54)68(18,19)20/h21-42H,1-20H3. The molecule has 0 radical (unpaired) electrons. The van der Waals surface area contributed by atoms with Crippen molar-refractivity contribution in [3.8, 4) is 0 Å². The van der Waals surface area contributed by atoms with Gasteiger partial charge in [0, 0.05) is 45.5 Å². The maximum atomic E-state index is 2.61. The number of benzene rings is 7. The van der Waals surface area contributed by atoms with Gasteiger partial charge < -0.3 is 14.7 Å². The fraction of sp³-hybridized carbons (Fsp3) is 0.382. The maximum absolute atomic E-state index is 2.61. The van der Waals surface area contributed by atoms with Gasteiger partial charge in [0.15, 0.2) is 0 Å². The number of hydrogen-bond acceptors (Lipinski definition) is 3. The zero-order valence-electron chi connectivity index (χ0n) is 47.6. The van der Waals surface area contributed by atoms with E-state index in [0.717, 1.165) is 17.1 Å². The van der Waals surface area contributed by atoms with Crippen LogP contribution in [-0.2, 0) is 32.5 Å². The second kappa shape index (κ2) is 17.3. The monoisotopic (exact) mass is 952 g/mol. The minimum absolute atomic E-state index is 0.0241. The molecule has 4 heteroatoms. The van der Waals surface area contributed by atoms with Crippen LogP contribution >= 0.6 is 0 Å². The summed E-state index contributed by atoms with van der Waals surface area (Å²) in [6.45, 7) is 46.7. The van der Waals surface area contributed by atoms with Gasteiger partial charge in [-0.25, -0.2) is 0 Å². The highest BCUT2D eigenvalue weighted by Gasteiger charge is 2.45. The van der Waals surface area contributed by atoms with Crippen molar-refractivity contribution < 1.29 is 0 Å². The smallest absolute Gasteiger partial charge is 0.252 e. The predicted octanol–water partition coefficient (Wildman–Crippen LogP) is 17.6. The Morgan fingerprint density at radius 2 is 0.597 bits per heavy atom. The van der Waals surface area contributed by atoms with Crippen molar-refractivity contribution >= 4 is 74.3 Å². The van der Waals surface area contributed by atoms with Crippen LogP contribution in [0.25, 0.3) is 0 Å². The minimum Gasteiger partial charge on any atom is -0.311 e. The summed E-state index contributed by atoms with van der Waals surface area (Å²) >= 11 is 0. The molecular weight excluding hydrogens is 870 g/mol. The first-order valence-electron chi connectivity index (χ1n) is 26.6. The quantitative estimate of drug-likeness (QED) is 0.159. The largest absolute Gasteiger partial charge is 0.311 e. The van der Waals surface area contributed by atoms with Crippen LogP contribution in [0.1, 0.15) is 169 Å². The molecule has 9 rings (SSSR count). The van der Waals surface area contributed by atoms with E-state index in [1.807, 2.05) is 0 Å². The Labute approximate surface area is 435 Å². The molecule has 0 aromatic heterocycles. The van der Waals surface area contributed by atoms with Crippen LogP contribution in [0.3, 0.4) is 0 Å². The highest BCUT2D eigenvalue weighted by molar-refractivity contribution is 7.00. The van der Waals surface area contributed by atoms with E-state index in [9.17, 15) is 0 Å². The molecule has 2 heterocycles. The Morgan fingerprint density at radius 3 is 0.889 bits per heavy atom. The second-order valence-electron chi connectivity index (χ2n) is 27.6. The van der Waals surface area contributed by atoms with E-state index in [0.29, 0.717) is 0 Å². The molecule has 0 aliphatic carbocycles. The zero-order chi connectivity index (χ0) is 52.4. The summed E-state index contributed by atoms with van der Waals surface area (Å²) in [7, 11) is 0. The Balaban J connectivity index is 1.49. The van der Waals surface area contributed by atoms with Gasteiger partial charge in [0.25, 0.3) is 6.71 Å². The van der Waals surface area contributed by atoms with E-state index in [4.69, 9.17) is 0 Å². The van der Waals surface area contributed by atoms with Crippen LogP contribution in [0.2, 0.25) is 0 Å². The summed E-state index contributed by atoms with van der Waals surface area (Å²) in [5.41, 5.74) is 24.7. The van der Waals surface area contributed by atoms with Crippen molar-refractivity contribution in [2.24, 2.45) is 0 Å². The summed E-state index contributed by atoms with van der Waals surface area (Å²) < 4.78 is 0. The van der Waals surface area contributed by atoms with Crippen LogP contribution in [0, 0.1) is 13.8 Å². The number of hydrogen-bond donors (Lipinski definition) is 0. The average Bonchev–Trinajstić information content (AvgIpc) is 3.27. The van der Waals surface area contributed by atoms with Gasteiger partial charge in [-0.3, -0.25) is 0 Å². The van der Waals surface area contributed by atoms with Gasteiger partial charge in [0.1, 0.15) is 0 Å². The van der Waals surface area contributed by atoms with Crippen LogP contribution < -0.4 is 31.1 Å². The van der Waals surface area contributed by atoms with Gasteiger partial charge in [-0.2, -0.15) is 0 Å². The molecule has 0 saturated carbocycles. The Morgan fingerprint density at radius 1 is 0.306 bits per heavy atom. The Kier molecular flexibility index (Phi) is 12.2. The van der Waals surface area contributed by atoms with Crippen LogP contribution in [-0.4, -0.2) is 6.71 Å². The van der Waals surface area contributed by atoms with Crippen molar-refractivity contribution in [1.82, 2.24) is 0 Å². The normalized spacial score (nSPS) is 14.0. The highest BCUT2D eigenvalue weighted by Crippen LogP contribution is 2.50. The van der Waals surface area contributed by atoms with Crippen LogP contribution in [0.15, 0.2) is 133 Å². The number of fused-ring (bicyclic) bond motifs is 4. The summed E-state index contributed by atoms with van der Waals surface area (Å²) in [6.07, 6.45) is 0. The Hall–Kier alpha value is -6.00.